The molecule has 0 radical (unpaired) electrons. The summed E-state index contributed by atoms with van der Waals surface area (Å²) in [7, 11) is 0. The lowest BCUT2D eigenvalue weighted by molar-refractivity contribution is -0.0323. The van der Waals surface area contributed by atoms with Crippen molar-refractivity contribution in [1.29, 1.82) is 0 Å². The number of aromatic nitrogens is 5. The summed E-state index contributed by atoms with van der Waals surface area (Å²) >= 11 is 0. The van der Waals surface area contributed by atoms with Crippen molar-refractivity contribution in [3.05, 3.63) is 54.9 Å². The molecule has 0 aliphatic carbocycles. The third kappa shape index (κ3) is 3.31. The summed E-state index contributed by atoms with van der Waals surface area (Å²) in [5.74, 6) is 0. The molecule has 132 valence electrons. The number of azide groups is 1. The van der Waals surface area contributed by atoms with Gasteiger partial charge in [0.25, 0.3) is 5.56 Å². The van der Waals surface area contributed by atoms with Crippen molar-refractivity contribution in [2.24, 2.45) is 5.11 Å². The van der Waals surface area contributed by atoms with E-state index < -0.39 is 23.6 Å². The molecule has 0 spiro atoms. The summed E-state index contributed by atoms with van der Waals surface area (Å²) in [6, 6.07) is -0.360. The number of rotatable bonds is 5. The van der Waals surface area contributed by atoms with Gasteiger partial charge in [0.2, 0.25) is 0 Å². The summed E-state index contributed by atoms with van der Waals surface area (Å²) in [5.41, 5.74) is 8.17. The fourth-order valence-corrected chi connectivity index (χ4v) is 2.78. The molecule has 1 aliphatic heterocycles. The predicted octanol–water partition coefficient (Wildman–Crippen LogP) is -0.232. The molecule has 0 aromatic carbocycles. The van der Waals surface area contributed by atoms with Crippen molar-refractivity contribution in [1.82, 2.24) is 24.5 Å². The molecule has 1 fully saturated rings. The Morgan fingerprint density at radius 2 is 2.32 bits per heavy atom. The van der Waals surface area contributed by atoms with E-state index in [1.807, 2.05) is 0 Å². The average Bonchev–Trinajstić information content (AvgIpc) is 3.22. The summed E-state index contributed by atoms with van der Waals surface area (Å²) < 4.78 is 8.56. The molecule has 0 bridgehead atoms. The smallest absolute Gasteiger partial charge is 0.330 e. The van der Waals surface area contributed by atoms with Crippen LogP contribution in [0.4, 0.5) is 0 Å². The van der Waals surface area contributed by atoms with E-state index in [2.05, 4.69) is 25.3 Å². The highest BCUT2D eigenvalue weighted by Gasteiger charge is 2.38. The van der Waals surface area contributed by atoms with Crippen LogP contribution < -0.4 is 11.2 Å². The van der Waals surface area contributed by atoms with Gasteiger partial charge in [-0.1, -0.05) is 10.3 Å². The Hall–Kier alpha value is -2.95. The second-order valence-corrected chi connectivity index (χ2v) is 5.67. The molecule has 0 saturated carbocycles. The standard InChI is InChI=1S/C13H16N8O4/c1-7-4-20(13(24)16-12(7)23)11-2-9(10(6-22)25-11)21-5-8(17-19-21)3-15-18-14/h4-5,9-11,22H,2-3,6H2,1H3,(H,16,23,24)/t9-,10+,11+/m0/s1. The van der Waals surface area contributed by atoms with Crippen LogP contribution in [-0.2, 0) is 11.3 Å². The lowest BCUT2D eigenvalue weighted by Crippen LogP contribution is -2.33. The molecule has 1 aliphatic rings. The largest absolute Gasteiger partial charge is 0.394 e. The number of aryl methyl sites for hydroxylation is 1. The van der Waals surface area contributed by atoms with Crippen molar-refractivity contribution in [3.63, 3.8) is 0 Å². The van der Waals surface area contributed by atoms with Gasteiger partial charge in [0.1, 0.15) is 12.3 Å². The quantitative estimate of drug-likeness (QED) is 0.430. The van der Waals surface area contributed by atoms with Gasteiger partial charge >= 0.3 is 5.69 Å². The van der Waals surface area contributed by atoms with E-state index in [0.29, 0.717) is 17.7 Å². The fourth-order valence-electron chi connectivity index (χ4n) is 2.78. The van der Waals surface area contributed by atoms with E-state index in [1.54, 1.807) is 13.1 Å². The molecular weight excluding hydrogens is 332 g/mol. The van der Waals surface area contributed by atoms with Gasteiger partial charge in [-0.15, -0.1) is 5.10 Å². The normalized spacial score (nSPS) is 22.7. The van der Waals surface area contributed by atoms with Crippen LogP contribution >= 0.6 is 0 Å². The number of aromatic amines is 1. The van der Waals surface area contributed by atoms with Crippen LogP contribution in [0, 0.1) is 6.92 Å². The first-order chi connectivity index (χ1) is 12.0. The molecule has 3 atom stereocenters. The molecule has 2 N–H and O–H groups in total. The topological polar surface area (TPSA) is 164 Å². The molecule has 3 rings (SSSR count). The molecule has 2 aromatic rings. The van der Waals surface area contributed by atoms with Gasteiger partial charge in [-0.05, 0) is 12.5 Å². The molecule has 2 aromatic heterocycles. The van der Waals surface area contributed by atoms with Crippen LogP contribution in [0.25, 0.3) is 10.4 Å². The molecule has 0 unspecified atom stereocenters. The zero-order valence-electron chi connectivity index (χ0n) is 13.3. The minimum absolute atomic E-state index is 0.0653. The summed E-state index contributed by atoms with van der Waals surface area (Å²) in [5, 5.41) is 20.9. The monoisotopic (exact) mass is 348 g/mol. The number of nitrogens with zero attached hydrogens (tertiary/aromatic N) is 7. The summed E-state index contributed by atoms with van der Waals surface area (Å²) in [4.78, 5) is 28.4. The van der Waals surface area contributed by atoms with Crippen LogP contribution in [0.2, 0.25) is 0 Å². The van der Waals surface area contributed by atoms with Gasteiger partial charge in [0, 0.05) is 29.3 Å². The SMILES string of the molecule is Cc1cn([C@H]2C[C@H](n3cc(CN=[N+]=[N-])nn3)[C@@H](CO)O2)c(=O)[nH]c1=O. The van der Waals surface area contributed by atoms with Crippen LogP contribution in [0.15, 0.2) is 27.1 Å². The number of aliphatic hydroxyl groups is 1. The first-order valence-corrected chi connectivity index (χ1v) is 7.53. The van der Waals surface area contributed by atoms with Gasteiger partial charge in [0.05, 0.1) is 24.9 Å². The minimum Gasteiger partial charge on any atom is -0.394 e. The van der Waals surface area contributed by atoms with E-state index in [4.69, 9.17) is 10.3 Å². The number of hydrogen-bond donors (Lipinski definition) is 2. The Bertz CT molecular complexity index is 925. The Labute approximate surface area is 140 Å². The summed E-state index contributed by atoms with van der Waals surface area (Å²) in [6.45, 7) is 1.38. The van der Waals surface area contributed by atoms with Gasteiger partial charge in [-0.2, -0.15) is 0 Å². The maximum Gasteiger partial charge on any atom is 0.330 e. The Kier molecular flexibility index (Phi) is 4.65. The Morgan fingerprint density at radius 3 is 3.04 bits per heavy atom. The number of aliphatic hydroxyl groups excluding tert-OH is 1. The highest BCUT2D eigenvalue weighted by atomic mass is 16.5. The molecule has 3 heterocycles. The van der Waals surface area contributed by atoms with E-state index in [0.717, 1.165) is 0 Å². The number of nitrogens with one attached hydrogen (secondary N) is 1. The maximum absolute atomic E-state index is 12.0. The molecule has 0 amide bonds. The minimum atomic E-state index is -0.657. The summed E-state index contributed by atoms with van der Waals surface area (Å²) in [6.07, 6.45) is 2.13. The van der Waals surface area contributed by atoms with Crippen molar-refractivity contribution in [2.75, 3.05) is 6.61 Å². The van der Waals surface area contributed by atoms with E-state index >= 15 is 0 Å². The van der Waals surface area contributed by atoms with Crippen LogP contribution in [0.5, 0.6) is 0 Å². The predicted molar refractivity (Wildman–Crippen MR) is 83.6 cm³/mol. The first-order valence-electron chi connectivity index (χ1n) is 7.53. The van der Waals surface area contributed by atoms with Gasteiger partial charge in [-0.25, -0.2) is 9.48 Å². The third-order valence-electron chi connectivity index (χ3n) is 4.03. The maximum atomic E-state index is 12.0. The second-order valence-electron chi connectivity index (χ2n) is 5.67. The van der Waals surface area contributed by atoms with Crippen LogP contribution in [-0.4, -0.2) is 42.4 Å². The van der Waals surface area contributed by atoms with Gasteiger partial charge in [0.15, 0.2) is 0 Å². The lowest BCUT2D eigenvalue weighted by atomic mass is 10.1. The number of hydrogen-bond acceptors (Lipinski definition) is 7. The highest BCUT2D eigenvalue weighted by Crippen LogP contribution is 2.35. The number of H-pyrrole nitrogens is 1. The zero-order chi connectivity index (χ0) is 18.0. The van der Waals surface area contributed by atoms with Crippen molar-refractivity contribution < 1.29 is 9.84 Å². The molecule has 12 heteroatoms. The molecule has 25 heavy (non-hydrogen) atoms. The van der Waals surface area contributed by atoms with Crippen molar-refractivity contribution >= 4 is 0 Å². The van der Waals surface area contributed by atoms with Crippen LogP contribution in [0.3, 0.4) is 0 Å². The second kappa shape index (κ2) is 6.89. The van der Waals surface area contributed by atoms with E-state index in [1.165, 1.54) is 15.4 Å². The first kappa shape index (κ1) is 16.9. The highest BCUT2D eigenvalue weighted by molar-refractivity contribution is 5.02. The number of ether oxygens (including phenoxy) is 1. The molecule has 1 saturated heterocycles. The molecule has 12 nitrogen and oxygen atoms in total. The van der Waals surface area contributed by atoms with Gasteiger partial charge < -0.3 is 9.84 Å². The van der Waals surface area contributed by atoms with E-state index in [9.17, 15) is 14.7 Å². The van der Waals surface area contributed by atoms with Crippen molar-refractivity contribution in [2.45, 2.75) is 38.3 Å². The van der Waals surface area contributed by atoms with Crippen LogP contribution in [0.1, 0.15) is 29.9 Å². The van der Waals surface area contributed by atoms with Crippen molar-refractivity contribution in [3.8, 4) is 0 Å². The molecular formula is C13H16N8O4. The fraction of sp³-hybridized carbons (Fsp3) is 0.538. The van der Waals surface area contributed by atoms with E-state index in [-0.39, 0.29) is 19.2 Å². The zero-order valence-corrected chi connectivity index (χ0v) is 13.3. The average molecular weight is 348 g/mol. The third-order valence-corrected chi connectivity index (χ3v) is 4.03. The Balaban J connectivity index is 1.87. The van der Waals surface area contributed by atoms with Gasteiger partial charge in [-0.3, -0.25) is 14.3 Å². The lowest BCUT2D eigenvalue weighted by Gasteiger charge is -2.15. The Morgan fingerprint density at radius 1 is 1.52 bits per heavy atom.